The lowest BCUT2D eigenvalue weighted by atomic mass is 10.0. The third-order valence-electron chi connectivity index (χ3n) is 5.45. The van der Waals surface area contributed by atoms with E-state index in [4.69, 9.17) is 4.42 Å². The Kier molecular flexibility index (Phi) is 5.93. The second-order valence-electron chi connectivity index (χ2n) is 7.76. The smallest absolute Gasteiger partial charge is 0.243 e. The number of aromatic nitrogens is 1. The number of nitrogens with one attached hydrogen (secondary N) is 1. The molecule has 1 N–H and O–H groups in total. The monoisotopic (exact) mass is 439 g/mol. The van der Waals surface area contributed by atoms with Crippen molar-refractivity contribution in [2.24, 2.45) is 0 Å². The molecule has 0 spiro atoms. The molecule has 0 aliphatic carbocycles. The van der Waals surface area contributed by atoms with Gasteiger partial charge < -0.3 is 9.73 Å². The lowest BCUT2D eigenvalue weighted by Crippen LogP contribution is -2.49. The summed E-state index contributed by atoms with van der Waals surface area (Å²) in [5.74, 6) is 0.264. The maximum atomic E-state index is 13.2. The number of rotatable bonds is 5. The first-order valence-electron chi connectivity index (χ1n) is 10.3. The van der Waals surface area contributed by atoms with E-state index in [-0.39, 0.29) is 10.8 Å². The van der Waals surface area contributed by atoms with Crippen LogP contribution in [0.2, 0.25) is 0 Å². The Morgan fingerprint density at radius 1 is 1.06 bits per heavy atom. The molecule has 1 amide bonds. The van der Waals surface area contributed by atoms with Gasteiger partial charge in [-0.2, -0.15) is 4.31 Å². The number of amides is 1. The summed E-state index contributed by atoms with van der Waals surface area (Å²) in [6.45, 7) is 4.01. The number of sulfonamides is 1. The third-order valence-corrected chi connectivity index (χ3v) is 7.37. The maximum Gasteiger partial charge on any atom is 0.243 e. The minimum absolute atomic E-state index is 0.213. The summed E-state index contributed by atoms with van der Waals surface area (Å²) in [5.41, 5.74) is 3.18. The predicted octanol–water partition coefficient (Wildman–Crippen LogP) is 4.14. The van der Waals surface area contributed by atoms with Gasteiger partial charge in [-0.3, -0.25) is 4.79 Å². The van der Waals surface area contributed by atoms with Gasteiger partial charge in [-0.05, 0) is 44.0 Å². The molecule has 0 saturated carbocycles. The molecule has 162 valence electrons. The third kappa shape index (κ3) is 4.55. The second kappa shape index (κ2) is 8.64. The van der Waals surface area contributed by atoms with Crippen molar-refractivity contribution >= 4 is 21.6 Å². The van der Waals surface area contributed by atoms with Gasteiger partial charge >= 0.3 is 0 Å². The number of oxazole rings is 1. The summed E-state index contributed by atoms with van der Waals surface area (Å²) >= 11 is 0. The van der Waals surface area contributed by atoms with E-state index in [0.717, 1.165) is 29.7 Å². The van der Waals surface area contributed by atoms with E-state index in [1.54, 1.807) is 49.6 Å². The summed E-state index contributed by atoms with van der Waals surface area (Å²) in [5, 5.41) is 2.87. The molecule has 1 aliphatic rings. The van der Waals surface area contributed by atoms with Crippen LogP contribution in [0, 0.1) is 13.8 Å². The Labute approximate surface area is 182 Å². The van der Waals surface area contributed by atoms with Crippen molar-refractivity contribution in [2.45, 2.75) is 44.0 Å². The van der Waals surface area contributed by atoms with Crippen molar-refractivity contribution < 1.29 is 17.6 Å². The van der Waals surface area contributed by atoms with Crippen LogP contribution < -0.4 is 5.32 Å². The minimum Gasteiger partial charge on any atom is -0.449 e. The summed E-state index contributed by atoms with van der Waals surface area (Å²) in [6, 6.07) is 13.2. The van der Waals surface area contributed by atoms with Crippen molar-refractivity contribution in [3.63, 3.8) is 0 Å². The largest absolute Gasteiger partial charge is 0.449 e. The number of hydrogen-bond acceptors (Lipinski definition) is 5. The summed E-state index contributed by atoms with van der Waals surface area (Å²) in [7, 11) is -3.75. The van der Waals surface area contributed by atoms with E-state index in [0.29, 0.717) is 24.5 Å². The Balaban J connectivity index is 1.51. The van der Waals surface area contributed by atoms with Crippen LogP contribution in [-0.2, 0) is 14.8 Å². The first kappa shape index (κ1) is 21.3. The van der Waals surface area contributed by atoms with Crippen LogP contribution in [-0.4, -0.2) is 36.2 Å². The van der Waals surface area contributed by atoms with E-state index < -0.39 is 16.1 Å². The van der Waals surface area contributed by atoms with Crippen LogP contribution in [0.1, 0.15) is 30.7 Å². The fourth-order valence-corrected chi connectivity index (χ4v) is 5.40. The Morgan fingerprint density at radius 3 is 2.42 bits per heavy atom. The van der Waals surface area contributed by atoms with Gasteiger partial charge in [-0.1, -0.05) is 36.2 Å². The zero-order valence-electron chi connectivity index (χ0n) is 17.5. The first-order valence-corrected chi connectivity index (χ1v) is 11.7. The summed E-state index contributed by atoms with van der Waals surface area (Å²) < 4.78 is 33.0. The topological polar surface area (TPSA) is 92.5 Å². The molecule has 0 bridgehead atoms. The fraction of sp³-hybridized carbons (Fsp3) is 0.304. The van der Waals surface area contributed by atoms with Gasteiger partial charge in [-0.25, -0.2) is 13.4 Å². The van der Waals surface area contributed by atoms with Crippen molar-refractivity contribution in [3.8, 4) is 11.3 Å². The second-order valence-corrected chi connectivity index (χ2v) is 9.65. The van der Waals surface area contributed by atoms with Crippen LogP contribution in [0.15, 0.2) is 64.1 Å². The van der Waals surface area contributed by atoms with Crippen LogP contribution in [0.3, 0.4) is 0 Å². The molecular formula is C23H25N3O4S. The normalized spacial score (nSPS) is 17.4. The van der Waals surface area contributed by atoms with Crippen molar-refractivity contribution in [1.29, 1.82) is 0 Å². The molecule has 3 aromatic rings. The number of anilines is 1. The lowest BCUT2D eigenvalue weighted by Gasteiger charge is -2.33. The van der Waals surface area contributed by atoms with Crippen molar-refractivity contribution in [2.75, 3.05) is 11.9 Å². The number of carbonyl (C=O) groups is 1. The molecule has 8 heteroatoms. The average molecular weight is 440 g/mol. The zero-order valence-corrected chi connectivity index (χ0v) is 18.4. The molecule has 2 aromatic carbocycles. The molecular weight excluding hydrogens is 414 g/mol. The van der Waals surface area contributed by atoms with Crippen molar-refractivity contribution in [1.82, 2.24) is 9.29 Å². The fourth-order valence-electron chi connectivity index (χ4n) is 3.75. The van der Waals surface area contributed by atoms with Gasteiger partial charge in [0.05, 0.1) is 4.90 Å². The molecule has 1 aromatic heterocycles. The van der Waals surface area contributed by atoms with Gasteiger partial charge in [0.25, 0.3) is 0 Å². The molecule has 1 aliphatic heterocycles. The highest BCUT2D eigenvalue weighted by Gasteiger charge is 2.37. The average Bonchev–Trinajstić information content (AvgIpc) is 3.21. The highest BCUT2D eigenvalue weighted by molar-refractivity contribution is 7.89. The molecule has 1 saturated heterocycles. The van der Waals surface area contributed by atoms with Crippen LogP contribution in [0.25, 0.3) is 11.3 Å². The Hall–Kier alpha value is -2.97. The van der Waals surface area contributed by atoms with Gasteiger partial charge in [0.2, 0.25) is 15.9 Å². The van der Waals surface area contributed by atoms with E-state index in [9.17, 15) is 13.2 Å². The molecule has 1 fully saturated rings. The van der Waals surface area contributed by atoms with Crippen molar-refractivity contribution in [3.05, 3.63) is 66.2 Å². The highest BCUT2D eigenvalue weighted by Crippen LogP contribution is 2.27. The van der Waals surface area contributed by atoms with E-state index in [2.05, 4.69) is 10.3 Å². The highest BCUT2D eigenvalue weighted by atomic mass is 32.2. The van der Waals surface area contributed by atoms with Crippen LogP contribution >= 0.6 is 0 Å². The van der Waals surface area contributed by atoms with E-state index >= 15 is 0 Å². The van der Waals surface area contributed by atoms with Gasteiger partial charge in [0.1, 0.15) is 18.0 Å². The number of carbonyl (C=O) groups excluding carboxylic acids is 1. The minimum atomic E-state index is -3.75. The van der Waals surface area contributed by atoms with Gasteiger partial charge in [-0.15, -0.1) is 0 Å². The number of nitrogens with zero attached hydrogens (tertiary/aromatic N) is 2. The number of benzene rings is 2. The standard InChI is InChI=1S/C23H25N3O4S/c1-16-6-12-20(13-7-16)31(28,29)26-14-4-3-5-22(26)23(27)25-19-10-8-18(9-11-19)21-15-30-17(2)24-21/h6-13,15,22H,3-5,14H2,1-2H3,(H,25,27)/t22-/m1/s1. The predicted molar refractivity (Wildman–Crippen MR) is 118 cm³/mol. The van der Waals surface area contributed by atoms with E-state index in [1.807, 2.05) is 19.1 Å². The van der Waals surface area contributed by atoms with Gasteiger partial charge in [0.15, 0.2) is 5.89 Å². The Bertz CT molecular complexity index is 1170. The van der Waals surface area contributed by atoms with Crippen LogP contribution in [0.5, 0.6) is 0 Å². The first-order chi connectivity index (χ1) is 14.8. The zero-order chi connectivity index (χ0) is 22.0. The maximum absolute atomic E-state index is 13.2. The lowest BCUT2D eigenvalue weighted by molar-refractivity contribution is -0.120. The molecule has 1 atom stereocenters. The summed E-state index contributed by atoms with van der Waals surface area (Å²) in [4.78, 5) is 17.5. The molecule has 0 radical (unpaired) electrons. The quantitative estimate of drug-likeness (QED) is 0.645. The van der Waals surface area contributed by atoms with Gasteiger partial charge in [0, 0.05) is 24.7 Å². The summed E-state index contributed by atoms with van der Waals surface area (Å²) in [6.07, 6.45) is 3.62. The molecule has 31 heavy (non-hydrogen) atoms. The molecule has 0 unspecified atom stereocenters. The number of hydrogen-bond donors (Lipinski definition) is 1. The Morgan fingerprint density at radius 2 is 1.77 bits per heavy atom. The molecule has 4 rings (SSSR count). The molecule has 7 nitrogen and oxygen atoms in total. The molecule has 2 heterocycles. The number of aryl methyl sites for hydroxylation is 2. The number of piperidine rings is 1. The van der Waals surface area contributed by atoms with Crippen LogP contribution in [0.4, 0.5) is 5.69 Å². The SMILES string of the molecule is Cc1ccc(S(=O)(=O)N2CCCC[C@@H]2C(=O)Nc2ccc(-c3coc(C)n3)cc2)cc1. The van der Waals surface area contributed by atoms with E-state index in [1.165, 1.54) is 4.31 Å².